The Morgan fingerprint density at radius 3 is 2.58 bits per heavy atom. The van der Waals surface area contributed by atoms with Crippen molar-refractivity contribution < 1.29 is 9.90 Å². The quantitative estimate of drug-likeness (QED) is 0.729. The van der Waals surface area contributed by atoms with Crippen LogP contribution < -0.4 is 0 Å². The zero-order valence-corrected chi connectivity index (χ0v) is 11.2. The van der Waals surface area contributed by atoms with Crippen molar-refractivity contribution in [3.63, 3.8) is 0 Å². The molecule has 0 amide bonds. The Morgan fingerprint density at radius 2 is 1.95 bits per heavy atom. The molecule has 1 saturated heterocycles. The molecule has 2 heterocycles. The summed E-state index contributed by atoms with van der Waals surface area (Å²) in [6, 6.07) is 0. The van der Waals surface area contributed by atoms with E-state index < -0.39 is 5.97 Å². The molecule has 19 heavy (non-hydrogen) atoms. The smallest absolute Gasteiger partial charge is 0.317 e. The summed E-state index contributed by atoms with van der Waals surface area (Å²) in [6.45, 7) is 7.05. The molecule has 0 bridgehead atoms. The van der Waals surface area contributed by atoms with Crippen LogP contribution in [0.2, 0.25) is 0 Å². The van der Waals surface area contributed by atoms with Crippen molar-refractivity contribution in [2.75, 3.05) is 32.7 Å². The van der Waals surface area contributed by atoms with Crippen LogP contribution in [0.5, 0.6) is 0 Å². The third-order valence-corrected chi connectivity index (χ3v) is 3.23. The molecule has 0 spiro atoms. The number of aromatic nitrogens is 4. The van der Waals surface area contributed by atoms with Gasteiger partial charge in [0.05, 0.1) is 13.1 Å². The number of rotatable bonds is 6. The van der Waals surface area contributed by atoms with Crippen LogP contribution in [0.1, 0.15) is 19.2 Å². The lowest BCUT2D eigenvalue weighted by Crippen LogP contribution is -2.47. The van der Waals surface area contributed by atoms with E-state index in [4.69, 9.17) is 5.11 Å². The van der Waals surface area contributed by atoms with Crippen LogP contribution >= 0.6 is 0 Å². The zero-order valence-electron chi connectivity index (χ0n) is 11.2. The van der Waals surface area contributed by atoms with E-state index in [1.54, 1.807) is 0 Å². The molecule has 1 aromatic rings. The maximum Gasteiger partial charge on any atom is 0.317 e. The highest BCUT2D eigenvalue weighted by Gasteiger charge is 2.20. The van der Waals surface area contributed by atoms with Crippen LogP contribution in [0, 0.1) is 0 Å². The number of tetrazole rings is 1. The van der Waals surface area contributed by atoms with Gasteiger partial charge in [0.2, 0.25) is 0 Å². The number of nitrogens with zero attached hydrogens (tertiary/aromatic N) is 6. The van der Waals surface area contributed by atoms with Crippen LogP contribution in [0.4, 0.5) is 0 Å². The second kappa shape index (κ2) is 6.58. The predicted octanol–water partition coefficient (Wildman–Crippen LogP) is -0.715. The van der Waals surface area contributed by atoms with Gasteiger partial charge in [0.25, 0.3) is 0 Å². The summed E-state index contributed by atoms with van der Waals surface area (Å²) in [5.41, 5.74) is 0. The Labute approximate surface area is 112 Å². The Hall–Kier alpha value is -1.54. The first-order chi connectivity index (χ1) is 9.19. The second-order valence-corrected chi connectivity index (χ2v) is 4.76. The molecular weight excluding hydrogens is 248 g/mol. The summed E-state index contributed by atoms with van der Waals surface area (Å²) >= 11 is 0. The van der Waals surface area contributed by atoms with Crippen molar-refractivity contribution in [2.45, 2.75) is 26.4 Å². The summed E-state index contributed by atoms with van der Waals surface area (Å²) in [5, 5.41) is 20.5. The minimum atomic E-state index is -0.764. The number of hydrogen-bond donors (Lipinski definition) is 1. The van der Waals surface area contributed by atoms with E-state index >= 15 is 0 Å². The first-order valence-electron chi connectivity index (χ1n) is 6.60. The minimum Gasteiger partial charge on any atom is -0.480 e. The molecule has 0 unspecified atom stereocenters. The Balaban J connectivity index is 1.82. The molecule has 0 saturated carbocycles. The fraction of sp³-hybridized carbons (Fsp3) is 0.818. The lowest BCUT2D eigenvalue weighted by molar-refractivity contribution is -0.138. The van der Waals surface area contributed by atoms with E-state index in [0.717, 1.165) is 51.5 Å². The molecule has 0 aliphatic carbocycles. The van der Waals surface area contributed by atoms with Gasteiger partial charge < -0.3 is 5.11 Å². The van der Waals surface area contributed by atoms with Crippen molar-refractivity contribution in [3.05, 3.63) is 5.82 Å². The van der Waals surface area contributed by atoms with Gasteiger partial charge in [0.15, 0.2) is 5.82 Å². The van der Waals surface area contributed by atoms with E-state index in [1.165, 1.54) is 0 Å². The van der Waals surface area contributed by atoms with Crippen molar-refractivity contribution in [3.8, 4) is 0 Å². The fourth-order valence-electron chi connectivity index (χ4n) is 2.22. The maximum atomic E-state index is 10.6. The molecular formula is C11H20N6O2. The van der Waals surface area contributed by atoms with Gasteiger partial charge in [-0.1, -0.05) is 6.92 Å². The zero-order chi connectivity index (χ0) is 13.7. The number of carboxylic acid groups (broad SMARTS) is 1. The van der Waals surface area contributed by atoms with Gasteiger partial charge in [-0.05, 0) is 16.8 Å². The van der Waals surface area contributed by atoms with E-state index in [-0.39, 0.29) is 6.54 Å². The standard InChI is InChI=1S/C11H20N6O2/c1-2-3-17-10(12-13-14-17)8-15-4-6-16(7-5-15)9-11(18)19/h2-9H2,1H3,(H,18,19). The van der Waals surface area contributed by atoms with E-state index in [0.29, 0.717) is 0 Å². The summed E-state index contributed by atoms with van der Waals surface area (Å²) in [7, 11) is 0. The topological polar surface area (TPSA) is 87.4 Å². The van der Waals surface area contributed by atoms with Crippen LogP contribution in [0.15, 0.2) is 0 Å². The van der Waals surface area contributed by atoms with Crippen molar-refractivity contribution in [1.82, 2.24) is 30.0 Å². The van der Waals surface area contributed by atoms with Gasteiger partial charge in [-0.15, -0.1) is 5.10 Å². The molecule has 1 aromatic heterocycles. The Kier molecular flexibility index (Phi) is 4.80. The molecule has 1 aliphatic heterocycles. The van der Waals surface area contributed by atoms with Crippen LogP contribution in [-0.4, -0.2) is 73.8 Å². The summed E-state index contributed by atoms with van der Waals surface area (Å²) < 4.78 is 1.84. The first-order valence-corrected chi connectivity index (χ1v) is 6.60. The summed E-state index contributed by atoms with van der Waals surface area (Å²) in [5.74, 6) is 0.119. The van der Waals surface area contributed by atoms with E-state index in [1.807, 2.05) is 9.58 Å². The van der Waals surface area contributed by atoms with Gasteiger partial charge >= 0.3 is 5.97 Å². The Bertz CT molecular complexity index is 413. The summed E-state index contributed by atoms with van der Waals surface area (Å²) in [4.78, 5) is 14.8. The molecule has 106 valence electrons. The number of aryl methyl sites for hydroxylation is 1. The monoisotopic (exact) mass is 268 g/mol. The number of piperazine rings is 1. The van der Waals surface area contributed by atoms with Crippen molar-refractivity contribution in [1.29, 1.82) is 0 Å². The van der Waals surface area contributed by atoms with E-state index in [2.05, 4.69) is 27.3 Å². The van der Waals surface area contributed by atoms with Gasteiger partial charge in [-0.2, -0.15) is 0 Å². The van der Waals surface area contributed by atoms with Crippen molar-refractivity contribution in [2.24, 2.45) is 0 Å². The lowest BCUT2D eigenvalue weighted by Gasteiger charge is -2.33. The molecule has 8 nitrogen and oxygen atoms in total. The van der Waals surface area contributed by atoms with Crippen LogP contribution in [-0.2, 0) is 17.9 Å². The second-order valence-electron chi connectivity index (χ2n) is 4.76. The normalized spacial score (nSPS) is 17.7. The predicted molar refractivity (Wildman–Crippen MR) is 67.5 cm³/mol. The molecule has 0 aromatic carbocycles. The number of carboxylic acids is 1. The van der Waals surface area contributed by atoms with Gasteiger partial charge in [-0.3, -0.25) is 14.6 Å². The van der Waals surface area contributed by atoms with E-state index in [9.17, 15) is 4.79 Å². The minimum absolute atomic E-state index is 0.126. The summed E-state index contributed by atoms with van der Waals surface area (Å²) in [6.07, 6.45) is 1.00. The highest BCUT2D eigenvalue weighted by molar-refractivity contribution is 5.69. The third-order valence-electron chi connectivity index (χ3n) is 3.23. The maximum absolute atomic E-state index is 10.6. The van der Waals surface area contributed by atoms with Gasteiger partial charge in [0, 0.05) is 32.7 Å². The first kappa shape index (κ1) is 13.9. The average Bonchev–Trinajstić information content (AvgIpc) is 2.79. The fourth-order valence-corrected chi connectivity index (χ4v) is 2.22. The largest absolute Gasteiger partial charge is 0.480 e. The van der Waals surface area contributed by atoms with Gasteiger partial charge in [-0.25, -0.2) is 4.68 Å². The number of hydrogen-bond acceptors (Lipinski definition) is 6. The molecule has 1 N–H and O–H groups in total. The number of carbonyl (C=O) groups is 1. The van der Waals surface area contributed by atoms with Gasteiger partial charge in [0.1, 0.15) is 0 Å². The molecule has 0 radical (unpaired) electrons. The molecule has 2 rings (SSSR count). The average molecular weight is 268 g/mol. The Morgan fingerprint density at radius 1 is 1.26 bits per heavy atom. The molecule has 0 atom stereocenters. The van der Waals surface area contributed by atoms with Crippen LogP contribution in [0.3, 0.4) is 0 Å². The molecule has 1 fully saturated rings. The molecule has 8 heteroatoms. The molecule has 1 aliphatic rings. The van der Waals surface area contributed by atoms with Crippen LogP contribution in [0.25, 0.3) is 0 Å². The number of aliphatic carboxylic acids is 1. The lowest BCUT2D eigenvalue weighted by atomic mass is 10.3. The highest BCUT2D eigenvalue weighted by atomic mass is 16.4. The highest BCUT2D eigenvalue weighted by Crippen LogP contribution is 2.06. The van der Waals surface area contributed by atoms with Crippen molar-refractivity contribution >= 4 is 5.97 Å². The SMILES string of the molecule is CCCn1nnnc1CN1CCN(CC(=O)O)CC1. The third kappa shape index (κ3) is 3.97.